The first-order chi connectivity index (χ1) is 21.7. The Morgan fingerprint density at radius 3 is 1.40 bits per heavy atom. The van der Waals surface area contributed by atoms with Crippen LogP contribution in [0, 0.1) is 6.92 Å². The fraction of sp³-hybridized carbons (Fsp3) is 0.314. The van der Waals surface area contributed by atoms with Crippen LogP contribution in [0.2, 0.25) is 0 Å². The number of phenolic OH excluding ortho intramolecular Hbond substituents is 2. The Bertz CT molecular complexity index is 1570. The van der Waals surface area contributed by atoms with Crippen LogP contribution in [0.3, 0.4) is 0 Å². The van der Waals surface area contributed by atoms with Crippen molar-refractivity contribution in [1.29, 1.82) is 0 Å². The van der Waals surface area contributed by atoms with Gasteiger partial charge in [-0.2, -0.15) is 0 Å². The molecule has 0 aliphatic carbocycles. The fourth-order valence-electron chi connectivity index (χ4n) is 5.49. The van der Waals surface area contributed by atoms with Crippen molar-refractivity contribution in [3.8, 4) is 11.5 Å². The molecule has 0 saturated carbocycles. The van der Waals surface area contributed by atoms with Crippen LogP contribution in [0.1, 0.15) is 19.4 Å². The molecule has 0 fully saturated rings. The van der Waals surface area contributed by atoms with Gasteiger partial charge in [-0.15, -0.1) is 0 Å². The van der Waals surface area contributed by atoms with Crippen LogP contribution >= 0.6 is 0 Å². The summed E-state index contributed by atoms with van der Waals surface area (Å²) in [5.41, 5.74) is 5.39. The zero-order valence-electron chi connectivity index (χ0n) is 27.0. The molecule has 10 nitrogen and oxygen atoms in total. The van der Waals surface area contributed by atoms with Gasteiger partial charge in [0, 0.05) is 41.4 Å². The SMILES string of the molecule is CCN(CCn1cc[n+](C)c1)c1ccc(Nc2cc(Nc3ccc(N(CC)CCn4cc[n+](C)c4)cc3)c(O)c(C)c2O)cc1. The van der Waals surface area contributed by atoms with E-state index in [1.54, 1.807) is 13.0 Å². The zero-order chi connectivity index (χ0) is 31.9. The average Bonchev–Trinajstić information content (AvgIpc) is 3.67. The van der Waals surface area contributed by atoms with Gasteiger partial charge in [0.2, 0.25) is 12.7 Å². The van der Waals surface area contributed by atoms with E-state index in [1.807, 2.05) is 59.9 Å². The number of nitrogens with zero attached hydrogens (tertiary/aromatic N) is 6. The van der Waals surface area contributed by atoms with Crippen LogP contribution < -0.4 is 29.6 Å². The summed E-state index contributed by atoms with van der Waals surface area (Å²) in [5.74, 6) is 0.0323. The highest BCUT2D eigenvalue weighted by atomic mass is 16.3. The van der Waals surface area contributed by atoms with Crippen molar-refractivity contribution in [2.45, 2.75) is 33.9 Å². The molecular weight excluding hydrogens is 564 g/mol. The van der Waals surface area contributed by atoms with Crippen LogP contribution in [0.25, 0.3) is 0 Å². The molecule has 0 radical (unpaired) electrons. The predicted molar refractivity (Wildman–Crippen MR) is 181 cm³/mol. The van der Waals surface area contributed by atoms with E-state index in [-0.39, 0.29) is 11.5 Å². The number of aromatic nitrogens is 4. The molecule has 5 rings (SSSR count). The van der Waals surface area contributed by atoms with Gasteiger partial charge in [0.1, 0.15) is 49.4 Å². The maximum Gasteiger partial charge on any atom is 0.243 e. The molecule has 5 aromatic rings. The van der Waals surface area contributed by atoms with Crippen LogP contribution in [-0.2, 0) is 27.2 Å². The molecule has 0 spiro atoms. The van der Waals surface area contributed by atoms with E-state index in [0.717, 1.165) is 62.0 Å². The molecule has 0 aliphatic heterocycles. The highest BCUT2D eigenvalue weighted by Crippen LogP contribution is 2.42. The summed E-state index contributed by atoms with van der Waals surface area (Å²) in [7, 11) is 4.05. The maximum absolute atomic E-state index is 10.9. The van der Waals surface area contributed by atoms with Gasteiger partial charge in [-0.25, -0.2) is 18.3 Å². The van der Waals surface area contributed by atoms with Crippen molar-refractivity contribution in [3.63, 3.8) is 0 Å². The van der Waals surface area contributed by atoms with E-state index >= 15 is 0 Å². The van der Waals surface area contributed by atoms with Crippen LogP contribution in [-0.4, -0.2) is 45.5 Å². The van der Waals surface area contributed by atoms with E-state index < -0.39 is 0 Å². The summed E-state index contributed by atoms with van der Waals surface area (Å²) in [6.45, 7) is 11.4. The third-order valence-electron chi connectivity index (χ3n) is 8.20. The molecule has 0 atom stereocenters. The predicted octanol–water partition coefficient (Wildman–Crippen LogP) is 5.20. The molecule has 3 aromatic carbocycles. The highest BCUT2D eigenvalue weighted by molar-refractivity contribution is 5.80. The van der Waals surface area contributed by atoms with Gasteiger partial charge in [0.25, 0.3) is 0 Å². The number of nitrogens with one attached hydrogen (secondary N) is 2. The Morgan fingerprint density at radius 1 is 0.667 bits per heavy atom. The van der Waals surface area contributed by atoms with E-state index in [0.29, 0.717) is 16.9 Å². The number of benzene rings is 3. The lowest BCUT2D eigenvalue weighted by molar-refractivity contribution is -0.671. The van der Waals surface area contributed by atoms with E-state index in [4.69, 9.17) is 0 Å². The van der Waals surface area contributed by atoms with Gasteiger partial charge in [-0.05, 0) is 75.4 Å². The van der Waals surface area contributed by atoms with Crippen molar-refractivity contribution < 1.29 is 19.3 Å². The fourth-order valence-corrected chi connectivity index (χ4v) is 5.49. The maximum atomic E-state index is 10.9. The van der Waals surface area contributed by atoms with Crippen molar-refractivity contribution in [2.24, 2.45) is 14.1 Å². The molecule has 0 aliphatic rings. The Balaban J connectivity index is 1.24. The number of aryl methyl sites for hydroxylation is 2. The van der Waals surface area contributed by atoms with E-state index in [9.17, 15) is 10.2 Å². The minimum absolute atomic E-state index is 0.0161. The Morgan fingerprint density at radius 2 is 1.07 bits per heavy atom. The lowest BCUT2D eigenvalue weighted by atomic mass is 10.1. The van der Waals surface area contributed by atoms with Crippen molar-refractivity contribution in [3.05, 3.63) is 97.6 Å². The number of likely N-dealkylation sites (N-methyl/N-ethyl adjacent to an activating group) is 2. The number of anilines is 6. The summed E-state index contributed by atoms with van der Waals surface area (Å²) in [4.78, 5) is 4.67. The minimum Gasteiger partial charge on any atom is -0.505 e. The molecule has 236 valence electrons. The minimum atomic E-state index is 0.0161. The molecule has 45 heavy (non-hydrogen) atoms. The molecule has 2 heterocycles. The summed E-state index contributed by atoms with van der Waals surface area (Å²) >= 11 is 0. The first-order valence-electron chi connectivity index (χ1n) is 15.6. The second-order valence-electron chi connectivity index (χ2n) is 11.4. The second-order valence-corrected chi connectivity index (χ2v) is 11.4. The number of imidazole rings is 2. The smallest absolute Gasteiger partial charge is 0.243 e. The normalized spacial score (nSPS) is 11.0. The standard InChI is InChI=1S/C35H44N8O2/c1-6-42(22-20-40-18-16-38(4)25-40)30-12-8-28(9-13-30)36-32-24-33(35(45)27(3)34(32)44)37-29-10-14-31(15-11-29)43(7-2)23-21-41-19-17-39(5)26-41/h8-19,24-26,36-37H,6-7,20-23H2,1-5H3/p+2. The third kappa shape index (κ3) is 7.70. The number of phenols is 2. The van der Waals surface area contributed by atoms with Crippen LogP contribution in [0.15, 0.2) is 92.0 Å². The van der Waals surface area contributed by atoms with Crippen LogP contribution in [0.4, 0.5) is 34.1 Å². The van der Waals surface area contributed by atoms with Gasteiger partial charge >= 0.3 is 0 Å². The van der Waals surface area contributed by atoms with Crippen LogP contribution in [0.5, 0.6) is 11.5 Å². The Hall–Kier alpha value is -5.12. The van der Waals surface area contributed by atoms with E-state index in [1.165, 1.54) is 0 Å². The lowest BCUT2D eigenvalue weighted by Gasteiger charge is -2.23. The summed E-state index contributed by atoms with van der Waals surface area (Å²) in [6.07, 6.45) is 12.4. The molecule has 10 heteroatoms. The molecule has 0 saturated heterocycles. The Kier molecular flexibility index (Phi) is 9.82. The van der Waals surface area contributed by atoms with Crippen molar-refractivity contribution in [2.75, 3.05) is 46.6 Å². The largest absolute Gasteiger partial charge is 0.505 e. The van der Waals surface area contributed by atoms with Gasteiger partial charge in [-0.3, -0.25) is 0 Å². The lowest BCUT2D eigenvalue weighted by Crippen LogP contribution is -2.28. The quantitative estimate of drug-likeness (QED) is 0.0786. The number of hydrogen-bond acceptors (Lipinski definition) is 6. The monoisotopic (exact) mass is 610 g/mol. The number of aromatic hydroxyl groups is 2. The molecule has 0 amide bonds. The number of rotatable bonds is 14. The van der Waals surface area contributed by atoms with Crippen molar-refractivity contribution >= 4 is 34.1 Å². The van der Waals surface area contributed by atoms with Crippen molar-refractivity contribution in [1.82, 2.24) is 9.13 Å². The highest BCUT2D eigenvalue weighted by Gasteiger charge is 2.16. The molecule has 4 N–H and O–H groups in total. The first-order valence-corrected chi connectivity index (χ1v) is 15.6. The topological polar surface area (TPSA) is 88.6 Å². The number of hydrogen-bond donors (Lipinski definition) is 4. The van der Waals surface area contributed by atoms with Gasteiger partial charge in [0.15, 0.2) is 0 Å². The summed E-state index contributed by atoms with van der Waals surface area (Å²) in [5, 5.41) is 28.4. The third-order valence-corrected chi connectivity index (χ3v) is 8.20. The summed E-state index contributed by atoms with van der Waals surface area (Å²) in [6, 6.07) is 18.1. The zero-order valence-corrected chi connectivity index (χ0v) is 27.0. The van der Waals surface area contributed by atoms with E-state index in [2.05, 4.69) is 92.7 Å². The molecular formula is C35H46N8O2+2. The Labute approximate surface area is 266 Å². The van der Waals surface area contributed by atoms with Gasteiger partial charge < -0.3 is 30.6 Å². The van der Waals surface area contributed by atoms with Gasteiger partial charge in [-0.1, -0.05) is 0 Å². The van der Waals surface area contributed by atoms with Gasteiger partial charge in [0.05, 0.1) is 38.6 Å². The molecule has 0 bridgehead atoms. The second kappa shape index (κ2) is 14.1. The molecule has 2 aromatic heterocycles. The average molecular weight is 611 g/mol. The molecule has 0 unspecified atom stereocenters. The first kappa shape index (κ1) is 31.3. The summed E-state index contributed by atoms with van der Waals surface area (Å²) < 4.78 is 8.45.